The molecule has 0 fully saturated rings. The molecular weight excluding hydrogens is 188 g/mol. The third-order valence-electron chi connectivity index (χ3n) is 2.24. The van der Waals surface area contributed by atoms with Gasteiger partial charge in [0.1, 0.15) is 0 Å². The van der Waals surface area contributed by atoms with E-state index in [4.69, 9.17) is 4.74 Å². The second-order valence-electron chi connectivity index (χ2n) is 4.07. The van der Waals surface area contributed by atoms with E-state index in [-0.39, 0.29) is 0 Å². The number of hydrogen-bond donors (Lipinski definition) is 1. The van der Waals surface area contributed by atoms with Gasteiger partial charge in [0.25, 0.3) is 0 Å². The highest BCUT2D eigenvalue weighted by Crippen LogP contribution is 2.08. The topological polar surface area (TPSA) is 34.1 Å². The van der Waals surface area contributed by atoms with E-state index in [1.54, 1.807) is 13.3 Å². The van der Waals surface area contributed by atoms with E-state index in [0.717, 1.165) is 19.0 Å². The van der Waals surface area contributed by atoms with E-state index >= 15 is 0 Å². The molecule has 0 aromatic carbocycles. The van der Waals surface area contributed by atoms with Crippen LogP contribution in [0.25, 0.3) is 0 Å². The standard InChI is InChI=1S/C12H20N2O/c1-10(2)4-6-13-9-11-5-7-14-12(8-11)15-3/h5,7-8,10,13H,4,6,9H2,1-3H3. The van der Waals surface area contributed by atoms with Crippen LogP contribution in [0.2, 0.25) is 0 Å². The second kappa shape index (κ2) is 6.40. The maximum absolute atomic E-state index is 5.06. The lowest BCUT2D eigenvalue weighted by Crippen LogP contribution is -2.16. The lowest BCUT2D eigenvalue weighted by atomic mass is 10.1. The fourth-order valence-electron chi connectivity index (χ4n) is 1.30. The Kier molecular flexibility index (Phi) is 5.12. The summed E-state index contributed by atoms with van der Waals surface area (Å²) >= 11 is 0. The monoisotopic (exact) mass is 208 g/mol. The largest absolute Gasteiger partial charge is 0.481 e. The van der Waals surface area contributed by atoms with Gasteiger partial charge in [0, 0.05) is 18.8 Å². The van der Waals surface area contributed by atoms with Crippen molar-refractivity contribution in [1.82, 2.24) is 10.3 Å². The summed E-state index contributed by atoms with van der Waals surface area (Å²) in [5.74, 6) is 1.43. The molecule has 0 aliphatic carbocycles. The number of rotatable bonds is 6. The van der Waals surface area contributed by atoms with Crippen LogP contribution >= 0.6 is 0 Å². The van der Waals surface area contributed by atoms with Crippen molar-refractivity contribution in [2.45, 2.75) is 26.8 Å². The average Bonchev–Trinajstić information content (AvgIpc) is 2.24. The second-order valence-corrected chi connectivity index (χ2v) is 4.07. The van der Waals surface area contributed by atoms with E-state index in [1.165, 1.54) is 12.0 Å². The Morgan fingerprint density at radius 1 is 1.47 bits per heavy atom. The van der Waals surface area contributed by atoms with Crippen LogP contribution in [-0.2, 0) is 6.54 Å². The van der Waals surface area contributed by atoms with E-state index in [0.29, 0.717) is 5.88 Å². The van der Waals surface area contributed by atoms with Crippen LogP contribution in [-0.4, -0.2) is 18.6 Å². The number of aromatic nitrogens is 1. The summed E-state index contributed by atoms with van der Waals surface area (Å²) in [5.41, 5.74) is 1.21. The Balaban J connectivity index is 2.30. The zero-order valence-corrected chi connectivity index (χ0v) is 9.79. The Bertz CT molecular complexity index is 287. The van der Waals surface area contributed by atoms with E-state index in [9.17, 15) is 0 Å². The van der Waals surface area contributed by atoms with Gasteiger partial charge in [-0.2, -0.15) is 0 Å². The van der Waals surface area contributed by atoms with Crippen LogP contribution in [0.1, 0.15) is 25.8 Å². The average molecular weight is 208 g/mol. The van der Waals surface area contributed by atoms with Crippen molar-refractivity contribution >= 4 is 0 Å². The molecule has 1 rings (SSSR count). The van der Waals surface area contributed by atoms with E-state index < -0.39 is 0 Å². The van der Waals surface area contributed by atoms with Crippen molar-refractivity contribution in [2.75, 3.05) is 13.7 Å². The Morgan fingerprint density at radius 2 is 2.27 bits per heavy atom. The molecule has 3 heteroatoms. The fraction of sp³-hybridized carbons (Fsp3) is 0.583. The smallest absolute Gasteiger partial charge is 0.213 e. The zero-order chi connectivity index (χ0) is 11.1. The predicted molar refractivity (Wildman–Crippen MR) is 62.0 cm³/mol. The zero-order valence-electron chi connectivity index (χ0n) is 9.79. The van der Waals surface area contributed by atoms with E-state index in [2.05, 4.69) is 24.1 Å². The van der Waals surface area contributed by atoms with Crippen LogP contribution in [0.5, 0.6) is 5.88 Å². The molecule has 0 bridgehead atoms. The predicted octanol–water partition coefficient (Wildman–Crippen LogP) is 2.23. The van der Waals surface area contributed by atoms with Gasteiger partial charge in [-0.15, -0.1) is 0 Å². The molecule has 1 aromatic rings. The van der Waals surface area contributed by atoms with Crippen molar-refractivity contribution < 1.29 is 4.74 Å². The molecular formula is C12H20N2O. The lowest BCUT2D eigenvalue weighted by molar-refractivity contribution is 0.397. The number of nitrogens with zero attached hydrogens (tertiary/aromatic N) is 1. The van der Waals surface area contributed by atoms with Crippen molar-refractivity contribution in [3.05, 3.63) is 23.9 Å². The minimum Gasteiger partial charge on any atom is -0.481 e. The summed E-state index contributed by atoms with van der Waals surface area (Å²) in [4.78, 5) is 4.06. The van der Waals surface area contributed by atoms with Gasteiger partial charge >= 0.3 is 0 Å². The van der Waals surface area contributed by atoms with Gasteiger partial charge in [-0.05, 0) is 30.5 Å². The van der Waals surface area contributed by atoms with Crippen LogP contribution in [0.3, 0.4) is 0 Å². The molecule has 0 atom stereocenters. The quantitative estimate of drug-likeness (QED) is 0.728. The molecule has 3 nitrogen and oxygen atoms in total. The summed E-state index contributed by atoms with van der Waals surface area (Å²) in [6.45, 7) is 6.40. The van der Waals surface area contributed by atoms with Crippen molar-refractivity contribution in [1.29, 1.82) is 0 Å². The molecule has 0 aliphatic heterocycles. The van der Waals surface area contributed by atoms with Crippen LogP contribution in [0, 0.1) is 5.92 Å². The molecule has 1 heterocycles. The molecule has 0 amide bonds. The number of hydrogen-bond acceptors (Lipinski definition) is 3. The SMILES string of the molecule is COc1cc(CNCCC(C)C)ccn1. The van der Waals surface area contributed by atoms with Gasteiger partial charge < -0.3 is 10.1 Å². The highest BCUT2D eigenvalue weighted by Gasteiger charge is 1.97. The minimum absolute atomic E-state index is 0.679. The number of nitrogens with one attached hydrogen (secondary N) is 1. The first-order chi connectivity index (χ1) is 7.22. The molecule has 15 heavy (non-hydrogen) atoms. The Morgan fingerprint density at radius 3 is 2.93 bits per heavy atom. The molecule has 0 radical (unpaired) electrons. The first kappa shape index (κ1) is 12.0. The maximum Gasteiger partial charge on any atom is 0.213 e. The number of ether oxygens (including phenoxy) is 1. The Labute approximate surface area is 91.9 Å². The maximum atomic E-state index is 5.06. The molecule has 1 N–H and O–H groups in total. The van der Waals surface area contributed by atoms with Gasteiger partial charge in [-0.1, -0.05) is 13.8 Å². The van der Waals surface area contributed by atoms with Crippen LogP contribution in [0.15, 0.2) is 18.3 Å². The first-order valence-electron chi connectivity index (χ1n) is 5.42. The van der Waals surface area contributed by atoms with E-state index in [1.807, 2.05) is 12.1 Å². The van der Waals surface area contributed by atoms with Crippen LogP contribution < -0.4 is 10.1 Å². The molecule has 0 aliphatic rings. The van der Waals surface area contributed by atoms with Gasteiger partial charge in [0.2, 0.25) is 5.88 Å². The first-order valence-corrected chi connectivity index (χ1v) is 5.42. The molecule has 84 valence electrons. The van der Waals surface area contributed by atoms with Crippen molar-refractivity contribution in [2.24, 2.45) is 5.92 Å². The fourth-order valence-corrected chi connectivity index (χ4v) is 1.30. The lowest BCUT2D eigenvalue weighted by Gasteiger charge is -2.07. The minimum atomic E-state index is 0.679. The Hall–Kier alpha value is -1.09. The summed E-state index contributed by atoms with van der Waals surface area (Å²) in [6, 6.07) is 3.97. The molecule has 0 unspecified atom stereocenters. The van der Waals surface area contributed by atoms with Crippen molar-refractivity contribution in [3.63, 3.8) is 0 Å². The summed E-state index contributed by atoms with van der Waals surface area (Å²) in [7, 11) is 1.64. The number of methoxy groups -OCH3 is 1. The molecule has 0 saturated carbocycles. The third kappa shape index (κ3) is 4.79. The number of pyridine rings is 1. The van der Waals surface area contributed by atoms with Crippen LogP contribution in [0.4, 0.5) is 0 Å². The van der Waals surface area contributed by atoms with Gasteiger partial charge in [0.05, 0.1) is 7.11 Å². The highest BCUT2D eigenvalue weighted by atomic mass is 16.5. The molecule has 0 saturated heterocycles. The third-order valence-corrected chi connectivity index (χ3v) is 2.24. The molecule has 1 aromatic heterocycles. The van der Waals surface area contributed by atoms with Gasteiger partial charge in [-0.3, -0.25) is 0 Å². The van der Waals surface area contributed by atoms with Crippen molar-refractivity contribution in [3.8, 4) is 5.88 Å². The molecule has 0 spiro atoms. The normalized spacial score (nSPS) is 10.7. The van der Waals surface area contributed by atoms with Gasteiger partial charge in [-0.25, -0.2) is 4.98 Å². The highest BCUT2D eigenvalue weighted by molar-refractivity contribution is 5.20. The summed E-state index contributed by atoms with van der Waals surface area (Å²) in [6.07, 6.45) is 2.99. The van der Waals surface area contributed by atoms with Gasteiger partial charge in [0.15, 0.2) is 0 Å². The summed E-state index contributed by atoms with van der Waals surface area (Å²) < 4.78 is 5.06. The summed E-state index contributed by atoms with van der Waals surface area (Å²) in [5, 5.41) is 3.40.